The van der Waals surface area contributed by atoms with Gasteiger partial charge < -0.3 is 5.32 Å². The third-order valence-corrected chi connectivity index (χ3v) is 6.81. The molecule has 0 amide bonds. The molecule has 2 fully saturated rings. The second-order valence-electron chi connectivity index (χ2n) is 3.97. The average Bonchev–Trinajstić information content (AvgIpc) is 2.12. The van der Waals surface area contributed by atoms with E-state index in [4.69, 9.17) is 11.2 Å². The summed E-state index contributed by atoms with van der Waals surface area (Å²) in [5.74, 6) is 1.25. The molecule has 1 nitrogen and oxygen atoms in total. The van der Waals surface area contributed by atoms with Gasteiger partial charge in [0.15, 0.2) is 0 Å². The summed E-state index contributed by atoms with van der Waals surface area (Å²) in [5.41, 5.74) is 0. The molecule has 1 saturated heterocycles. The average molecular weight is 203 g/mol. The maximum absolute atomic E-state index is 5.61. The molecule has 0 aromatic carbocycles. The smallest absolute Gasteiger partial charge is 0.0331 e. The molecule has 70 valence electrons. The summed E-state index contributed by atoms with van der Waals surface area (Å²) in [6, 6.07) is 0. The molecule has 1 aliphatic heterocycles. The maximum atomic E-state index is 5.61. The van der Waals surface area contributed by atoms with Crippen LogP contribution in [0.25, 0.3) is 0 Å². The lowest BCUT2D eigenvalue weighted by Gasteiger charge is -2.42. The summed E-state index contributed by atoms with van der Waals surface area (Å²) in [6.07, 6.45) is 7.07. The first-order valence-electron chi connectivity index (χ1n) is 4.93. The minimum atomic E-state index is 0.286. The summed E-state index contributed by atoms with van der Waals surface area (Å²) in [6.45, 7) is 2.37. The van der Waals surface area contributed by atoms with Gasteiger partial charge in [0.2, 0.25) is 0 Å². The Hall–Kier alpha value is 0.530. The summed E-state index contributed by atoms with van der Waals surface area (Å²) < 4.78 is 0.547. The van der Waals surface area contributed by atoms with Crippen molar-refractivity contribution in [3.05, 3.63) is 0 Å². The van der Waals surface area contributed by atoms with Gasteiger partial charge in [-0.2, -0.15) is 0 Å². The highest BCUT2D eigenvalue weighted by molar-refractivity contribution is 8.29. The van der Waals surface area contributed by atoms with Gasteiger partial charge >= 0.3 is 0 Å². The normalized spacial score (nSPS) is 35.2. The van der Waals surface area contributed by atoms with Crippen molar-refractivity contribution in [1.29, 1.82) is 0 Å². The zero-order valence-electron chi connectivity index (χ0n) is 7.47. The Morgan fingerprint density at radius 1 is 1.17 bits per heavy atom. The standard InChI is InChI=1S/C9H17NS2/c11-12-7-6-10-8-9(12)4-2-1-3-5-9/h10H,1-8H2. The third kappa shape index (κ3) is 1.59. The molecule has 2 rings (SSSR count). The van der Waals surface area contributed by atoms with Gasteiger partial charge in [0.1, 0.15) is 0 Å². The Bertz CT molecular complexity index is 177. The van der Waals surface area contributed by atoms with E-state index in [0.29, 0.717) is 4.75 Å². The van der Waals surface area contributed by atoms with E-state index in [1.807, 2.05) is 0 Å². The van der Waals surface area contributed by atoms with Crippen LogP contribution in [0.2, 0.25) is 0 Å². The van der Waals surface area contributed by atoms with Crippen LogP contribution in [0.15, 0.2) is 0 Å². The van der Waals surface area contributed by atoms with E-state index in [9.17, 15) is 0 Å². The van der Waals surface area contributed by atoms with Crippen LogP contribution in [0.1, 0.15) is 32.1 Å². The van der Waals surface area contributed by atoms with E-state index in [-0.39, 0.29) is 9.45 Å². The Labute approximate surface area is 81.9 Å². The SMILES string of the molecule is S=S1CCNCC12CCCCC2. The molecular weight excluding hydrogens is 186 g/mol. The summed E-state index contributed by atoms with van der Waals surface area (Å²) in [7, 11) is 0.286. The van der Waals surface area contributed by atoms with Crippen LogP contribution in [-0.2, 0) is 20.6 Å². The molecule has 1 aliphatic carbocycles. The quantitative estimate of drug-likeness (QED) is 0.638. The Morgan fingerprint density at radius 3 is 2.58 bits per heavy atom. The van der Waals surface area contributed by atoms with Gasteiger partial charge in [-0.1, -0.05) is 30.5 Å². The first-order valence-corrected chi connectivity index (χ1v) is 7.25. The Kier molecular flexibility index (Phi) is 2.82. The zero-order valence-corrected chi connectivity index (χ0v) is 9.11. The topological polar surface area (TPSA) is 12.0 Å². The van der Waals surface area contributed by atoms with E-state index in [1.54, 1.807) is 0 Å². The minimum Gasteiger partial charge on any atom is -0.315 e. The molecule has 1 unspecified atom stereocenters. The fourth-order valence-electron chi connectivity index (χ4n) is 2.38. The van der Waals surface area contributed by atoms with Crippen molar-refractivity contribution in [3.63, 3.8) is 0 Å². The highest BCUT2D eigenvalue weighted by atomic mass is 32.8. The van der Waals surface area contributed by atoms with E-state index in [0.717, 1.165) is 6.54 Å². The maximum Gasteiger partial charge on any atom is 0.0331 e. The molecular formula is C9H17NS2. The molecule has 3 heteroatoms. The molecule has 0 aromatic heterocycles. The Morgan fingerprint density at radius 2 is 1.92 bits per heavy atom. The van der Waals surface area contributed by atoms with Crippen LogP contribution in [0.3, 0.4) is 0 Å². The predicted octanol–water partition coefficient (Wildman–Crippen LogP) is 1.37. The lowest BCUT2D eigenvalue weighted by Crippen LogP contribution is -2.52. The van der Waals surface area contributed by atoms with Gasteiger partial charge in [0.05, 0.1) is 0 Å². The summed E-state index contributed by atoms with van der Waals surface area (Å²) >= 11 is 5.61. The van der Waals surface area contributed by atoms with Crippen LogP contribution in [0.4, 0.5) is 0 Å². The van der Waals surface area contributed by atoms with Crippen LogP contribution < -0.4 is 5.32 Å². The van der Waals surface area contributed by atoms with Crippen molar-refractivity contribution < 1.29 is 0 Å². The van der Waals surface area contributed by atoms with Crippen LogP contribution >= 0.6 is 0 Å². The summed E-state index contributed by atoms with van der Waals surface area (Å²) in [5, 5.41) is 3.52. The molecule has 2 aliphatic rings. The molecule has 1 spiro atoms. The van der Waals surface area contributed by atoms with E-state index < -0.39 is 0 Å². The first-order chi connectivity index (χ1) is 5.83. The number of rotatable bonds is 0. The number of hydrogen-bond acceptors (Lipinski definition) is 2. The fraction of sp³-hybridized carbons (Fsp3) is 1.00. The monoisotopic (exact) mass is 203 g/mol. The van der Waals surface area contributed by atoms with Crippen LogP contribution in [0.5, 0.6) is 0 Å². The molecule has 0 aromatic rings. The second-order valence-corrected chi connectivity index (χ2v) is 7.14. The highest BCUT2D eigenvalue weighted by Gasteiger charge is 2.36. The predicted molar refractivity (Wildman–Crippen MR) is 58.3 cm³/mol. The van der Waals surface area contributed by atoms with Gasteiger partial charge in [0.25, 0.3) is 0 Å². The third-order valence-electron chi connectivity index (χ3n) is 3.16. The molecule has 1 heterocycles. The van der Waals surface area contributed by atoms with Crippen molar-refractivity contribution in [2.24, 2.45) is 0 Å². The van der Waals surface area contributed by atoms with Crippen LogP contribution in [-0.4, -0.2) is 23.6 Å². The fourth-order valence-corrected chi connectivity index (χ4v) is 5.08. The largest absolute Gasteiger partial charge is 0.315 e. The first kappa shape index (κ1) is 9.10. The second kappa shape index (κ2) is 3.72. The lowest BCUT2D eigenvalue weighted by atomic mass is 9.88. The van der Waals surface area contributed by atoms with Gasteiger partial charge in [-0.3, -0.25) is 0 Å². The molecule has 1 N–H and O–H groups in total. The number of nitrogens with one attached hydrogen (secondary N) is 1. The van der Waals surface area contributed by atoms with Crippen molar-refractivity contribution >= 4 is 20.6 Å². The van der Waals surface area contributed by atoms with Crippen molar-refractivity contribution in [2.45, 2.75) is 36.9 Å². The zero-order chi connectivity index (χ0) is 8.44. The lowest BCUT2D eigenvalue weighted by molar-refractivity contribution is 0.373. The van der Waals surface area contributed by atoms with Gasteiger partial charge in [-0.25, -0.2) is 0 Å². The van der Waals surface area contributed by atoms with E-state index >= 15 is 0 Å². The van der Waals surface area contributed by atoms with E-state index in [2.05, 4.69) is 5.32 Å². The van der Waals surface area contributed by atoms with E-state index in [1.165, 1.54) is 44.4 Å². The summed E-state index contributed by atoms with van der Waals surface area (Å²) in [4.78, 5) is 0. The van der Waals surface area contributed by atoms with Gasteiger partial charge in [-0.05, 0) is 12.8 Å². The van der Waals surface area contributed by atoms with Crippen LogP contribution in [0, 0.1) is 0 Å². The minimum absolute atomic E-state index is 0.286. The molecule has 12 heavy (non-hydrogen) atoms. The molecule has 0 radical (unpaired) electrons. The molecule has 0 bridgehead atoms. The van der Waals surface area contributed by atoms with Crippen molar-refractivity contribution in [2.75, 3.05) is 18.8 Å². The van der Waals surface area contributed by atoms with Crippen molar-refractivity contribution in [1.82, 2.24) is 5.32 Å². The number of hydrogen-bond donors (Lipinski definition) is 1. The van der Waals surface area contributed by atoms with Gasteiger partial charge in [-0.15, -0.1) is 9.45 Å². The van der Waals surface area contributed by atoms with Gasteiger partial charge in [0, 0.05) is 23.6 Å². The molecule has 1 saturated carbocycles. The van der Waals surface area contributed by atoms with Crippen molar-refractivity contribution in [3.8, 4) is 0 Å². The molecule has 1 atom stereocenters. The highest BCUT2D eigenvalue weighted by Crippen LogP contribution is 2.34. The Balaban J connectivity index is 2.09.